The molecule has 1 N–H and O–H groups in total. The van der Waals surface area contributed by atoms with Crippen molar-refractivity contribution in [2.75, 3.05) is 12.3 Å². The number of thiophene rings is 1. The normalized spacial score (nSPS) is 11.8. The molecule has 0 saturated heterocycles. The van der Waals surface area contributed by atoms with Gasteiger partial charge >= 0.3 is 6.18 Å². The van der Waals surface area contributed by atoms with Crippen molar-refractivity contribution in [3.63, 3.8) is 0 Å². The quantitative estimate of drug-likeness (QED) is 0.629. The van der Waals surface area contributed by atoms with Gasteiger partial charge in [0, 0.05) is 29.9 Å². The summed E-state index contributed by atoms with van der Waals surface area (Å²) in [5.74, 6) is 0.767. The molecule has 0 bridgehead atoms. The molecule has 0 spiro atoms. The van der Waals surface area contributed by atoms with Gasteiger partial charge in [0.25, 0.3) is 0 Å². The van der Waals surface area contributed by atoms with E-state index in [-0.39, 0.29) is 0 Å². The number of nitrogens with zero attached hydrogens (tertiary/aromatic N) is 1. The zero-order valence-corrected chi connectivity index (χ0v) is 13.0. The Morgan fingerprint density at radius 1 is 1.29 bits per heavy atom. The molecule has 0 radical (unpaired) electrons. The van der Waals surface area contributed by atoms with Crippen LogP contribution in [0.3, 0.4) is 0 Å². The Morgan fingerprint density at radius 3 is 2.67 bits per heavy atom. The summed E-state index contributed by atoms with van der Waals surface area (Å²) in [6, 6.07) is 4.57. The molecule has 21 heavy (non-hydrogen) atoms. The molecule has 2 aromatic rings. The summed E-state index contributed by atoms with van der Waals surface area (Å²) in [6.45, 7) is 3.68. The summed E-state index contributed by atoms with van der Waals surface area (Å²) < 4.78 is 37.1. The monoisotopic (exact) mass is 332 g/mol. The number of aromatic nitrogens is 1. The van der Waals surface area contributed by atoms with Crippen LogP contribution in [0.15, 0.2) is 34.8 Å². The van der Waals surface area contributed by atoms with E-state index in [0.717, 1.165) is 31.1 Å². The fourth-order valence-electron chi connectivity index (χ4n) is 1.65. The average Bonchev–Trinajstić information content (AvgIpc) is 2.84. The number of thioether (sulfide) groups is 1. The highest BCUT2D eigenvalue weighted by atomic mass is 32.2. The number of nitrogens with one attached hydrogen (secondary N) is 1. The summed E-state index contributed by atoms with van der Waals surface area (Å²) in [7, 11) is 0. The molecule has 2 heterocycles. The topological polar surface area (TPSA) is 24.9 Å². The standard InChI is InChI=1S/C14H15F3N2S2/c1-10-4-6-20-12(10)9-18-5-7-21-13-3-2-11(8-19-13)14(15,16)17/h2-4,6,8,18H,5,7,9H2,1H3. The molecular weight excluding hydrogens is 317 g/mol. The summed E-state index contributed by atoms with van der Waals surface area (Å²) in [6.07, 6.45) is -3.44. The lowest BCUT2D eigenvalue weighted by Crippen LogP contribution is -2.16. The summed E-state index contributed by atoms with van der Waals surface area (Å²) in [5, 5.41) is 5.99. The van der Waals surface area contributed by atoms with Crippen LogP contribution in [0.1, 0.15) is 16.0 Å². The smallest absolute Gasteiger partial charge is 0.311 e. The van der Waals surface area contributed by atoms with Crippen molar-refractivity contribution in [2.24, 2.45) is 0 Å². The third-order valence-corrected chi connectivity index (χ3v) is 4.81. The van der Waals surface area contributed by atoms with Gasteiger partial charge in [-0.25, -0.2) is 4.98 Å². The molecule has 114 valence electrons. The highest BCUT2D eigenvalue weighted by Crippen LogP contribution is 2.29. The molecule has 0 aliphatic rings. The second-order valence-electron chi connectivity index (χ2n) is 4.43. The predicted molar refractivity (Wildman–Crippen MR) is 80.7 cm³/mol. The van der Waals surface area contributed by atoms with Crippen LogP contribution in [0, 0.1) is 6.92 Å². The van der Waals surface area contributed by atoms with E-state index in [1.54, 1.807) is 11.3 Å². The van der Waals surface area contributed by atoms with E-state index >= 15 is 0 Å². The molecule has 2 aromatic heterocycles. The minimum absolute atomic E-state index is 0.608. The van der Waals surface area contributed by atoms with Gasteiger partial charge in [-0.1, -0.05) is 0 Å². The second kappa shape index (κ2) is 7.29. The molecule has 2 rings (SSSR count). The molecule has 0 aliphatic heterocycles. The number of pyridine rings is 1. The molecule has 0 atom stereocenters. The minimum Gasteiger partial charge on any atom is -0.311 e. The largest absolute Gasteiger partial charge is 0.417 e. The number of alkyl halides is 3. The fraction of sp³-hybridized carbons (Fsp3) is 0.357. The van der Waals surface area contributed by atoms with Crippen molar-refractivity contribution in [2.45, 2.75) is 24.7 Å². The van der Waals surface area contributed by atoms with Crippen LogP contribution in [0.25, 0.3) is 0 Å². The molecule has 0 aromatic carbocycles. The first-order chi connectivity index (χ1) is 9.97. The van der Waals surface area contributed by atoms with Crippen molar-refractivity contribution in [3.05, 3.63) is 45.8 Å². The van der Waals surface area contributed by atoms with Crippen molar-refractivity contribution < 1.29 is 13.2 Å². The first kappa shape index (κ1) is 16.3. The van der Waals surface area contributed by atoms with Gasteiger partial charge in [0.05, 0.1) is 10.6 Å². The maximum Gasteiger partial charge on any atom is 0.417 e. The molecule has 0 amide bonds. The second-order valence-corrected chi connectivity index (χ2v) is 6.55. The van der Waals surface area contributed by atoms with Crippen molar-refractivity contribution in [3.8, 4) is 0 Å². The van der Waals surface area contributed by atoms with E-state index in [0.29, 0.717) is 5.03 Å². The molecule has 7 heteroatoms. The van der Waals surface area contributed by atoms with Gasteiger partial charge in [-0.05, 0) is 36.1 Å². The Balaban J connectivity index is 1.70. The third-order valence-electron chi connectivity index (χ3n) is 2.85. The zero-order valence-electron chi connectivity index (χ0n) is 11.4. The van der Waals surface area contributed by atoms with E-state index in [1.807, 2.05) is 0 Å². The molecule has 0 unspecified atom stereocenters. The Kier molecular flexibility index (Phi) is 5.66. The summed E-state index contributed by atoms with van der Waals surface area (Å²) in [5.41, 5.74) is 0.572. The van der Waals surface area contributed by atoms with Gasteiger partial charge < -0.3 is 5.32 Å². The summed E-state index contributed by atoms with van der Waals surface area (Å²) in [4.78, 5) is 5.14. The van der Waals surface area contributed by atoms with Crippen molar-refractivity contribution in [1.29, 1.82) is 0 Å². The van der Waals surface area contributed by atoms with Crippen molar-refractivity contribution in [1.82, 2.24) is 10.3 Å². The number of aryl methyl sites for hydroxylation is 1. The number of hydrogen-bond donors (Lipinski definition) is 1. The van der Waals surface area contributed by atoms with E-state index in [9.17, 15) is 13.2 Å². The maximum absolute atomic E-state index is 12.4. The highest BCUT2D eigenvalue weighted by molar-refractivity contribution is 7.99. The van der Waals surface area contributed by atoms with Crippen LogP contribution in [-0.2, 0) is 12.7 Å². The number of hydrogen-bond acceptors (Lipinski definition) is 4. The van der Waals surface area contributed by atoms with Crippen LogP contribution in [0.5, 0.6) is 0 Å². The van der Waals surface area contributed by atoms with E-state index in [4.69, 9.17) is 0 Å². The van der Waals surface area contributed by atoms with Crippen LogP contribution in [0.4, 0.5) is 13.2 Å². The van der Waals surface area contributed by atoms with Crippen LogP contribution in [-0.4, -0.2) is 17.3 Å². The van der Waals surface area contributed by atoms with Crippen LogP contribution in [0.2, 0.25) is 0 Å². The Hall–Kier alpha value is -1.05. The molecule has 0 fully saturated rings. The molecule has 0 aliphatic carbocycles. The molecular formula is C14H15F3N2S2. The van der Waals surface area contributed by atoms with Crippen LogP contribution >= 0.6 is 23.1 Å². The average molecular weight is 332 g/mol. The fourth-order valence-corrected chi connectivity index (χ4v) is 3.27. The maximum atomic E-state index is 12.4. The predicted octanol–water partition coefficient (Wildman–Crippen LogP) is 4.35. The van der Waals surface area contributed by atoms with Crippen molar-refractivity contribution >= 4 is 23.1 Å². The zero-order chi connectivity index (χ0) is 15.3. The van der Waals surface area contributed by atoms with Gasteiger partial charge in [-0.15, -0.1) is 23.1 Å². The van der Waals surface area contributed by atoms with E-state index < -0.39 is 11.7 Å². The van der Waals surface area contributed by atoms with Gasteiger partial charge in [-0.3, -0.25) is 0 Å². The number of halogens is 3. The Morgan fingerprint density at radius 2 is 2.10 bits per heavy atom. The van der Waals surface area contributed by atoms with Gasteiger partial charge in [0.1, 0.15) is 0 Å². The van der Waals surface area contributed by atoms with Gasteiger partial charge in [-0.2, -0.15) is 13.2 Å². The third kappa shape index (κ3) is 5.01. The minimum atomic E-state index is -4.32. The lowest BCUT2D eigenvalue weighted by molar-refractivity contribution is -0.137. The van der Waals surface area contributed by atoms with E-state index in [1.165, 1.54) is 28.3 Å². The lowest BCUT2D eigenvalue weighted by Gasteiger charge is -2.07. The Bertz CT molecular complexity index is 564. The van der Waals surface area contributed by atoms with Gasteiger partial charge in [0.2, 0.25) is 0 Å². The lowest BCUT2D eigenvalue weighted by atomic mass is 10.3. The summed E-state index contributed by atoms with van der Waals surface area (Å²) >= 11 is 3.16. The molecule has 2 nitrogen and oxygen atoms in total. The van der Waals surface area contributed by atoms with Crippen LogP contribution < -0.4 is 5.32 Å². The highest BCUT2D eigenvalue weighted by Gasteiger charge is 2.30. The SMILES string of the molecule is Cc1ccsc1CNCCSc1ccc(C(F)(F)F)cn1. The van der Waals surface area contributed by atoms with Gasteiger partial charge in [0.15, 0.2) is 0 Å². The number of rotatable bonds is 6. The molecule has 0 saturated carbocycles. The first-order valence-electron chi connectivity index (χ1n) is 6.36. The Labute approximate surface area is 129 Å². The first-order valence-corrected chi connectivity index (χ1v) is 8.23. The van der Waals surface area contributed by atoms with E-state index in [2.05, 4.69) is 28.7 Å².